The maximum atomic E-state index is 12.5. The Balaban J connectivity index is 1.97. The maximum Gasteiger partial charge on any atom is 0.198 e. The van der Waals surface area contributed by atoms with E-state index in [0.29, 0.717) is 22.3 Å². The molecule has 1 aliphatic carbocycles. The lowest BCUT2D eigenvalue weighted by molar-refractivity contribution is 0.0988. The van der Waals surface area contributed by atoms with E-state index in [1.807, 2.05) is 25.3 Å². The first-order valence-corrected chi connectivity index (χ1v) is 8.57. The van der Waals surface area contributed by atoms with Crippen LogP contribution in [-0.2, 0) is 0 Å². The fourth-order valence-corrected chi connectivity index (χ4v) is 3.13. The van der Waals surface area contributed by atoms with Gasteiger partial charge in [0.25, 0.3) is 0 Å². The van der Waals surface area contributed by atoms with Crippen LogP contribution in [0.5, 0.6) is 0 Å². The summed E-state index contributed by atoms with van der Waals surface area (Å²) in [5.74, 6) is 0.703. The van der Waals surface area contributed by atoms with Crippen LogP contribution in [0, 0.1) is 0 Å². The lowest BCUT2D eigenvalue weighted by atomic mass is 10.0. The number of fused-ring (bicyclic) bond motifs is 1. The zero-order valence-corrected chi connectivity index (χ0v) is 13.4. The summed E-state index contributed by atoms with van der Waals surface area (Å²) < 4.78 is 0. The lowest BCUT2D eigenvalue weighted by Gasteiger charge is -2.24. The van der Waals surface area contributed by atoms with Crippen molar-refractivity contribution in [3.05, 3.63) is 70.6 Å². The van der Waals surface area contributed by atoms with Crippen molar-refractivity contribution in [2.45, 2.75) is 6.92 Å². The molecule has 1 aliphatic heterocycles. The van der Waals surface area contributed by atoms with Crippen LogP contribution in [0.15, 0.2) is 59.5 Å². The minimum Gasteiger partial charge on any atom is -0.351 e. The predicted octanol–water partition coefficient (Wildman–Crippen LogP) is 3.46. The minimum absolute atomic E-state index is 0.165. The molecule has 4 heteroatoms. The normalized spacial score (nSPS) is 17.2. The highest BCUT2D eigenvalue weighted by atomic mass is 32.2. The Morgan fingerprint density at radius 2 is 1.73 bits per heavy atom. The average Bonchev–Trinajstić information content (AvgIpc) is 2.78. The van der Waals surface area contributed by atoms with E-state index in [1.54, 1.807) is 36.0 Å². The number of rotatable bonds is 3. The van der Waals surface area contributed by atoms with E-state index < -0.39 is 0 Å². The third kappa shape index (κ3) is 2.44. The van der Waals surface area contributed by atoms with Gasteiger partial charge in [-0.2, -0.15) is 11.8 Å². The predicted molar refractivity (Wildman–Crippen MR) is 90.1 cm³/mol. The van der Waals surface area contributed by atoms with Gasteiger partial charge in [-0.3, -0.25) is 9.59 Å². The van der Waals surface area contributed by atoms with Gasteiger partial charge in [-0.1, -0.05) is 24.3 Å². The molecule has 3 nitrogen and oxygen atoms in total. The van der Waals surface area contributed by atoms with Gasteiger partial charge in [-0.05, 0) is 30.9 Å². The van der Waals surface area contributed by atoms with E-state index in [1.165, 1.54) is 0 Å². The molecule has 22 heavy (non-hydrogen) atoms. The van der Waals surface area contributed by atoms with E-state index in [2.05, 4.69) is 11.2 Å². The Labute approximate surface area is 134 Å². The molecule has 1 aromatic carbocycles. The lowest BCUT2D eigenvalue weighted by Crippen LogP contribution is -2.21. The molecule has 0 saturated heterocycles. The van der Waals surface area contributed by atoms with Crippen molar-refractivity contribution >= 4 is 23.3 Å². The third-order valence-corrected chi connectivity index (χ3v) is 4.54. The van der Waals surface area contributed by atoms with Crippen LogP contribution in [0.2, 0.25) is 0 Å². The minimum atomic E-state index is -0.165. The van der Waals surface area contributed by atoms with Crippen molar-refractivity contribution < 1.29 is 9.59 Å². The molecular weight excluding hydrogens is 294 g/mol. The van der Waals surface area contributed by atoms with Crippen molar-refractivity contribution in [1.29, 1.82) is 0 Å². The first-order valence-electron chi connectivity index (χ1n) is 7.18. The number of ketones is 2. The highest BCUT2D eigenvalue weighted by molar-refractivity contribution is 7.98. The summed E-state index contributed by atoms with van der Waals surface area (Å²) in [6.07, 6.45) is 7.83. The highest BCUT2D eigenvalue weighted by Gasteiger charge is 2.34. The van der Waals surface area contributed by atoms with E-state index in [9.17, 15) is 9.59 Å². The number of thioether (sulfide) groups is 1. The zero-order valence-electron chi connectivity index (χ0n) is 12.6. The molecule has 0 aromatic heterocycles. The molecule has 2 aliphatic rings. The fraction of sp³-hybridized carbons (Fsp3) is 0.222. The summed E-state index contributed by atoms with van der Waals surface area (Å²) in [5, 5.41) is 0. The quantitative estimate of drug-likeness (QED) is 0.633. The van der Waals surface area contributed by atoms with Crippen LogP contribution < -0.4 is 0 Å². The van der Waals surface area contributed by atoms with Gasteiger partial charge in [-0.25, -0.2) is 0 Å². The number of nitrogens with zero attached hydrogens (tertiary/aromatic N) is 1. The van der Waals surface area contributed by atoms with Crippen molar-refractivity contribution in [3.63, 3.8) is 0 Å². The molecule has 0 radical (unpaired) electrons. The van der Waals surface area contributed by atoms with Crippen LogP contribution in [0.1, 0.15) is 27.6 Å². The molecule has 0 atom stereocenters. The highest BCUT2D eigenvalue weighted by Crippen LogP contribution is 2.31. The molecule has 1 heterocycles. The number of hydrogen-bond acceptors (Lipinski definition) is 4. The molecule has 0 spiro atoms. The summed E-state index contributed by atoms with van der Waals surface area (Å²) >= 11 is 1.79. The van der Waals surface area contributed by atoms with Crippen molar-refractivity contribution in [2.24, 2.45) is 0 Å². The van der Waals surface area contributed by atoms with E-state index >= 15 is 0 Å². The van der Waals surface area contributed by atoms with E-state index in [-0.39, 0.29) is 11.6 Å². The molecular formula is C18H17NO2S. The molecule has 0 unspecified atom stereocenters. The molecule has 0 amide bonds. The van der Waals surface area contributed by atoms with Crippen LogP contribution in [0.3, 0.4) is 0 Å². The first kappa shape index (κ1) is 14.9. The zero-order chi connectivity index (χ0) is 15.7. The summed E-state index contributed by atoms with van der Waals surface area (Å²) in [7, 11) is 0. The van der Waals surface area contributed by atoms with Crippen LogP contribution in [0.25, 0.3) is 0 Å². The molecule has 0 fully saturated rings. The second-order valence-corrected chi connectivity index (χ2v) is 6.31. The van der Waals surface area contributed by atoms with Gasteiger partial charge in [0, 0.05) is 35.3 Å². The summed E-state index contributed by atoms with van der Waals surface area (Å²) in [5.41, 5.74) is 3.08. The number of Topliss-reactive ketones (excluding diaryl/α,β-unsaturated/α-hetero) is 2. The summed E-state index contributed by atoms with van der Waals surface area (Å²) in [6, 6.07) is 7.02. The topological polar surface area (TPSA) is 37.4 Å². The smallest absolute Gasteiger partial charge is 0.198 e. The SMILES string of the molecule is CSCCN1C=CC(=C2C(=O)c3ccccc3C2=O)C=C1C. The number of carbonyl (C=O) groups excluding carboxylic acids is 2. The Morgan fingerprint density at radius 1 is 1.09 bits per heavy atom. The molecule has 0 saturated carbocycles. The number of hydrogen-bond donors (Lipinski definition) is 0. The second kappa shape index (κ2) is 5.97. The van der Waals surface area contributed by atoms with Crippen LogP contribution in [-0.4, -0.2) is 35.0 Å². The average molecular weight is 311 g/mol. The van der Waals surface area contributed by atoms with Gasteiger partial charge in [0.05, 0.1) is 5.57 Å². The van der Waals surface area contributed by atoms with Crippen molar-refractivity contribution in [2.75, 3.05) is 18.6 Å². The summed E-state index contributed by atoms with van der Waals surface area (Å²) in [6.45, 7) is 2.92. The van der Waals surface area contributed by atoms with Gasteiger partial charge in [0.2, 0.25) is 0 Å². The largest absolute Gasteiger partial charge is 0.351 e. The van der Waals surface area contributed by atoms with Crippen LogP contribution >= 0.6 is 11.8 Å². The molecule has 1 aromatic rings. The molecule has 0 N–H and O–H groups in total. The van der Waals surface area contributed by atoms with E-state index in [0.717, 1.165) is 18.0 Å². The van der Waals surface area contributed by atoms with Gasteiger partial charge in [-0.15, -0.1) is 0 Å². The Kier molecular flexibility index (Phi) is 4.03. The maximum absolute atomic E-state index is 12.5. The Bertz CT molecular complexity index is 706. The summed E-state index contributed by atoms with van der Waals surface area (Å²) in [4.78, 5) is 27.2. The molecule has 3 rings (SSSR count). The van der Waals surface area contributed by atoms with Gasteiger partial charge >= 0.3 is 0 Å². The second-order valence-electron chi connectivity index (χ2n) is 5.32. The number of allylic oxidation sites excluding steroid dienone is 5. The number of carbonyl (C=O) groups is 2. The Hall–Kier alpha value is -2.07. The fourth-order valence-electron chi connectivity index (χ4n) is 2.75. The monoisotopic (exact) mass is 311 g/mol. The van der Waals surface area contributed by atoms with Gasteiger partial charge in [0.1, 0.15) is 0 Å². The van der Waals surface area contributed by atoms with Crippen molar-refractivity contribution in [1.82, 2.24) is 4.90 Å². The van der Waals surface area contributed by atoms with Gasteiger partial charge in [0.15, 0.2) is 11.6 Å². The number of benzene rings is 1. The van der Waals surface area contributed by atoms with E-state index in [4.69, 9.17) is 0 Å². The van der Waals surface area contributed by atoms with Crippen LogP contribution in [0.4, 0.5) is 0 Å². The molecule has 112 valence electrons. The van der Waals surface area contributed by atoms with Crippen molar-refractivity contribution in [3.8, 4) is 0 Å². The first-order chi connectivity index (χ1) is 10.6. The Morgan fingerprint density at radius 3 is 2.27 bits per heavy atom. The molecule has 0 bridgehead atoms. The van der Waals surface area contributed by atoms with Gasteiger partial charge < -0.3 is 4.90 Å². The third-order valence-electron chi connectivity index (χ3n) is 3.95. The standard InChI is InChI=1S/C18H17NO2S/c1-12-11-13(7-8-19(12)9-10-22-2)16-17(20)14-5-3-4-6-15(14)18(16)21/h3-8,11H,9-10H2,1-2H3.